The van der Waals surface area contributed by atoms with Crippen molar-refractivity contribution in [2.24, 2.45) is 0 Å². The fourth-order valence-electron chi connectivity index (χ4n) is 5.36. The van der Waals surface area contributed by atoms with Crippen molar-refractivity contribution in [2.75, 3.05) is 20.3 Å². The summed E-state index contributed by atoms with van der Waals surface area (Å²) < 4.78 is 54.0. The van der Waals surface area contributed by atoms with E-state index in [1.54, 1.807) is 38.5 Å². The van der Waals surface area contributed by atoms with Crippen LogP contribution in [0.15, 0.2) is 73.0 Å². The Labute approximate surface area is 251 Å². The molecular weight excluding hydrogens is 572 g/mol. The Morgan fingerprint density at radius 3 is 2.41 bits per heavy atom. The molecule has 2 aromatic carbocycles. The predicted octanol–water partition coefficient (Wildman–Crippen LogP) is 5.78. The van der Waals surface area contributed by atoms with E-state index in [0.29, 0.717) is 33.8 Å². The Kier molecular flexibility index (Phi) is 6.56. The molecule has 7 rings (SSSR count). The zero-order valence-electron chi connectivity index (χ0n) is 24.9. The summed E-state index contributed by atoms with van der Waals surface area (Å²) in [6, 6.07) is 10.4. The summed E-state index contributed by atoms with van der Waals surface area (Å²) in [7, 11) is 1.53. The summed E-state index contributed by atoms with van der Waals surface area (Å²) in [6.45, 7) is 7.20. The molecule has 5 aromatic rings. The van der Waals surface area contributed by atoms with Gasteiger partial charge in [-0.15, -0.1) is 0 Å². The average molecular weight is 605 g/mol. The highest BCUT2D eigenvalue weighted by molar-refractivity contribution is 6.00. The maximum absolute atomic E-state index is 12.1. The Hall–Kier alpha value is -4.29. The van der Waals surface area contributed by atoms with Crippen molar-refractivity contribution < 1.29 is 46.8 Å². The first-order valence-corrected chi connectivity index (χ1v) is 14.2. The maximum Gasteiger partial charge on any atom is 0.350 e. The first kappa shape index (κ1) is 28.5. The van der Waals surface area contributed by atoms with E-state index in [0.717, 1.165) is 16.3 Å². The van der Waals surface area contributed by atoms with Crippen LogP contribution in [0.25, 0.3) is 39.0 Å². The molecule has 230 valence electrons. The number of hydrogen-bond acceptors (Lipinski definition) is 11. The standard InChI is InChI=1S/C33H32O11/c1-31(2,36-5)22(34)16-39-30-26-21(10-13-38-26)15-19-8-11-33(43-28(19)30)42-23(32(3,4)44-33)17-40-29-25-20(9-12-37-25)14-18-6-7-24(35)41-27(18)29/h6-15,22-23,34H,16-17H2,1-5H3/t22-,23-,33-/m1/s1. The van der Waals surface area contributed by atoms with Crippen LogP contribution in [0.5, 0.6) is 17.2 Å². The lowest BCUT2D eigenvalue weighted by atomic mass is 10.0. The van der Waals surface area contributed by atoms with Gasteiger partial charge in [0.05, 0.1) is 23.7 Å². The number of hydrogen-bond donors (Lipinski definition) is 1. The van der Waals surface area contributed by atoms with Crippen LogP contribution in [0, 0.1) is 0 Å². The Morgan fingerprint density at radius 1 is 0.955 bits per heavy atom. The maximum atomic E-state index is 12.1. The van der Waals surface area contributed by atoms with E-state index >= 15 is 0 Å². The highest BCUT2D eigenvalue weighted by Crippen LogP contribution is 2.49. The topological polar surface area (TPSA) is 132 Å². The van der Waals surface area contributed by atoms with Gasteiger partial charge in [0.25, 0.3) is 0 Å². The van der Waals surface area contributed by atoms with Crippen LogP contribution in [-0.2, 0) is 14.2 Å². The molecule has 11 heteroatoms. The molecule has 2 aliphatic heterocycles. The number of fused-ring (bicyclic) bond motifs is 4. The third-order valence-electron chi connectivity index (χ3n) is 8.26. The lowest BCUT2D eigenvalue weighted by molar-refractivity contribution is -0.271. The number of furan rings is 2. The van der Waals surface area contributed by atoms with Gasteiger partial charge in [-0.05, 0) is 64.1 Å². The van der Waals surface area contributed by atoms with E-state index in [4.69, 9.17) is 41.7 Å². The number of ether oxygens (including phenoxy) is 6. The minimum atomic E-state index is -1.61. The number of aliphatic hydroxyl groups excluding tert-OH is 1. The van der Waals surface area contributed by atoms with Gasteiger partial charge in [-0.2, -0.15) is 0 Å². The highest BCUT2D eigenvalue weighted by Gasteiger charge is 2.55. The third kappa shape index (κ3) is 4.72. The highest BCUT2D eigenvalue weighted by atomic mass is 16.9. The fourth-order valence-corrected chi connectivity index (χ4v) is 5.36. The minimum Gasteiger partial charge on any atom is -0.483 e. The van der Waals surface area contributed by atoms with E-state index in [9.17, 15) is 9.90 Å². The van der Waals surface area contributed by atoms with Gasteiger partial charge in [0, 0.05) is 41.0 Å². The fraction of sp³-hybridized carbons (Fsp3) is 0.364. The molecule has 0 aliphatic carbocycles. The van der Waals surface area contributed by atoms with Gasteiger partial charge >= 0.3 is 11.6 Å². The SMILES string of the molecule is COC(C)(C)[C@H](O)COc1c2c(cc3ccoc13)C=C[C@]1(O2)O[C@H](COc2c3occc3cc3ccc(=O)oc23)C(C)(C)O1. The van der Waals surface area contributed by atoms with Crippen LogP contribution in [0.1, 0.15) is 33.3 Å². The van der Waals surface area contributed by atoms with Gasteiger partial charge in [-0.1, -0.05) is 0 Å². The molecule has 1 spiro atoms. The van der Waals surface area contributed by atoms with Gasteiger partial charge < -0.3 is 46.8 Å². The molecule has 1 N–H and O–H groups in total. The molecule has 0 bridgehead atoms. The second-order valence-electron chi connectivity index (χ2n) is 12.0. The minimum absolute atomic E-state index is 0.0190. The van der Waals surface area contributed by atoms with Crippen LogP contribution in [-0.4, -0.2) is 54.8 Å². The Morgan fingerprint density at radius 2 is 1.66 bits per heavy atom. The van der Waals surface area contributed by atoms with Gasteiger partial charge in [-0.3, -0.25) is 0 Å². The van der Waals surface area contributed by atoms with E-state index in [2.05, 4.69) is 0 Å². The molecule has 1 fully saturated rings. The predicted molar refractivity (Wildman–Crippen MR) is 159 cm³/mol. The normalized spacial score (nSPS) is 21.6. The monoisotopic (exact) mass is 604 g/mol. The molecular formula is C33H32O11. The Bertz CT molecular complexity index is 1960. The Balaban J connectivity index is 1.18. The second-order valence-corrected chi connectivity index (χ2v) is 12.0. The third-order valence-corrected chi connectivity index (χ3v) is 8.26. The zero-order chi connectivity index (χ0) is 30.9. The summed E-state index contributed by atoms with van der Waals surface area (Å²) in [5, 5.41) is 13.0. The smallest absolute Gasteiger partial charge is 0.350 e. The van der Waals surface area contributed by atoms with E-state index in [1.807, 2.05) is 44.2 Å². The van der Waals surface area contributed by atoms with Crippen molar-refractivity contribution in [3.8, 4) is 17.2 Å². The van der Waals surface area contributed by atoms with Crippen LogP contribution < -0.4 is 19.8 Å². The number of methoxy groups -OCH3 is 1. The summed E-state index contributed by atoms with van der Waals surface area (Å²) in [6.07, 6.45) is 5.05. The lowest BCUT2D eigenvalue weighted by Crippen LogP contribution is -2.42. The second kappa shape index (κ2) is 10.1. The molecule has 2 aliphatic rings. The van der Waals surface area contributed by atoms with E-state index in [1.165, 1.54) is 13.2 Å². The van der Waals surface area contributed by atoms with Gasteiger partial charge in [0.15, 0.2) is 22.5 Å². The average Bonchev–Trinajstić information content (AvgIpc) is 3.71. The summed E-state index contributed by atoms with van der Waals surface area (Å²) in [5.41, 5.74) is -0.341. The van der Waals surface area contributed by atoms with Crippen molar-refractivity contribution in [3.63, 3.8) is 0 Å². The van der Waals surface area contributed by atoms with Crippen molar-refractivity contribution >= 4 is 39.0 Å². The van der Waals surface area contributed by atoms with Crippen molar-refractivity contribution in [3.05, 3.63) is 71.0 Å². The summed E-state index contributed by atoms with van der Waals surface area (Å²) in [4.78, 5) is 12.1. The molecule has 3 aromatic heterocycles. The first-order valence-electron chi connectivity index (χ1n) is 14.2. The van der Waals surface area contributed by atoms with Crippen LogP contribution in [0.3, 0.4) is 0 Å². The molecule has 1 saturated heterocycles. The van der Waals surface area contributed by atoms with Gasteiger partial charge in [0.2, 0.25) is 11.5 Å². The summed E-state index contributed by atoms with van der Waals surface area (Å²) in [5.74, 6) is -0.686. The number of rotatable bonds is 8. The van der Waals surface area contributed by atoms with Crippen molar-refractivity contribution in [2.45, 2.75) is 57.1 Å². The molecule has 44 heavy (non-hydrogen) atoms. The van der Waals surface area contributed by atoms with Crippen LogP contribution in [0.2, 0.25) is 0 Å². The van der Waals surface area contributed by atoms with E-state index in [-0.39, 0.29) is 18.8 Å². The zero-order valence-corrected chi connectivity index (χ0v) is 24.9. The van der Waals surface area contributed by atoms with E-state index < -0.39 is 35.0 Å². The number of aliphatic hydroxyl groups is 1. The molecule has 3 atom stereocenters. The molecule has 11 nitrogen and oxygen atoms in total. The molecule has 5 heterocycles. The van der Waals surface area contributed by atoms with Crippen molar-refractivity contribution in [1.82, 2.24) is 0 Å². The summed E-state index contributed by atoms with van der Waals surface area (Å²) >= 11 is 0. The number of benzene rings is 2. The lowest BCUT2D eigenvalue weighted by Gasteiger charge is -2.32. The molecule has 0 unspecified atom stereocenters. The molecule has 0 amide bonds. The molecule has 0 saturated carbocycles. The van der Waals surface area contributed by atoms with Gasteiger partial charge in [0.1, 0.15) is 25.4 Å². The quantitative estimate of drug-likeness (QED) is 0.216. The largest absolute Gasteiger partial charge is 0.483 e. The molecule has 0 radical (unpaired) electrons. The van der Waals surface area contributed by atoms with Crippen LogP contribution >= 0.6 is 0 Å². The van der Waals surface area contributed by atoms with Gasteiger partial charge in [-0.25, -0.2) is 4.79 Å². The van der Waals surface area contributed by atoms with Crippen molar-refractivity contribution in [1.29, 1.82) is 0 Å². The van der Waals surface area contributed by atoms with Crippen LogP contribution in [0.4, 0.5) is 0 Å². The first-order chi connectivity index (χ1) is 21.0.